The number of imide groups is 1. The summed E-state index contributed by atoms with van der Waals surface area (Å²) < 4.78 is 0. The summed E-state index contributed by atoms with van der Waals surface area (Å²) in [6.07, 6.45) is 2.31. The van der Waals surface area contributed by atoms with Gasteiger partial charge in [-0.3, -0.25) is 14.5 Å². The van der Waals surface area contributed by atoms with E-state index >= 15 is 0 Å². The van der Waals surface area contributed by atoms with Crippen molar-refractivity contribution in [2.75, 3.05) is 24.5 Å². The fraction of sp³-hybridized carbons (Fsp3) is 0.269. The van der Waals surface area contributed by atoms with Gasteiger partial charge >= 0.3 is 0 Å². The van der Waals surface area contributed by atoms with Crippen LogP contribution in [0.5, 0.6) is 0 Å². The SMILES string of the molecule is CCN(CC)c1ccc(/C=C2/C(=O)N(CCc3ccccc3)C(=O)C(C#N)=C2C)cc1. The number of amides is 2. The van der Waals surface area contributed by atoms with Gasteiger partial charge in [-0.15, -0.1) is 0 Å². The van der Waals surface area contributed by atoms with Crippen molar-refractivity contribution in [2.45, 2.75) is 27.2 Å². The van der Waals surface area contributed by atoms with Crippen molar-refractivity contribution in [3.05, 3.63) is 82.4 Å². The molecule has 5 nitrogen and oxygen atoms in total. The van der Waals surface area contributed by atoms with Crippen molar-refractivity contribution in [3.8, 4) is 6.07 Å². The first-order chi connectivity index (χ1) is 15.0. The average Bonchev–Trinajstić information content (AvgIpc) is 2.79. The lowest BCUT2D eigenvalue weighted by atomic mass is 9.93. The number of carbonyl (C=O) groups excluding carboxylic acids is 2. The monoisotopic (exact) mass is 413 g/mol. The van der Waals surface area contributed by atoms with Crippen LogP contribution < -0.4 is 4.90 Å². The van der Waals surface area contributed by atoms with Crippen LogP contribution in [0.1, 0.15) is 31.9 Å². The number of hydrogen-bond acceptors (Lipinski definition) is 4. The molecule has 1 aliphatic rings. The highest BCUT2D eigenvalue weighted by Gasteiger charge is 2.35. The Hall–Kier alpha value is -3.65. The van der Waals surface area contributed by atoms with Gasteiger partial charge in [0.2, 0.25) is 0 Å². The van der Waals surface area contributed by atoms with Crippen LogP contribution in [0.15, 0.2) is 71.3 Å². The maximum atomic E-state index is 13.2. The van der Waals surface area contributed by atoms with Crippen molar-refractivity contribution in [1.29, 1.82) is 5.26 Å². The highest BCUT2D eigenvalue weighted by atomic mass is 16.2. The first kappa shape index (κ1) is 22.0. The zero-order chi connectivity index (χ0) is 22.4. The molecule has 0 aromatic heterocycles. The van der Waals surface area contributed by atoms with E-state index in [1.54, 1.807) is 13.0 Å². The zero-order valence-corrected chi connectivity index (χ0v) is 18.3. The van der Waals surface area contributed by atoms with Gasteiger partial charge in [-0.25, -0.2) is 0 Å². The Balaban J connectivity index is 1.91. The number of carbonyl (C=O) groups is 2. The van der Waals surface area contributed by atoms with Gasteiger partial charge in [0.05, 0.1) is 0 Å². The predicted molar refractivity (Wildman–Crippen MR) is 123 cm³/mol. The minimum atomic E-state index is -0.519. The van der Waals surface area contributed by atoms with E-state index in [-0.39, 0.29) is 18.0 Å². The van der Waals surface area contributed by atoms with Crippen molar-refractivity contribution < 1.29 is 9.59 Å². The molecule has 0 radical (unpaired) electrons. The normalized spacial score (nSPS) is 15.4. The molecule has 3 rings (SSSR count). The Bertz CT molecular complexity index is 1060. The summed E-state index contributed by atoms with van der Waals surface area (Å²) in [5.41, 5.74) is 3.85. The maximum Gasteiger partial charge on any atom is 0.271 e. The number of nitrogens with zero attached hydrogens (tertiary/aromatic N) is 3. The van der Waals surface area contributed by atoms with Crippen LogP contribution in [0, 0.1) is 11.3 Å². The number of hydrogen-bond donors (Lipinski definition) is 0. The molecule has 0 atom stereocenters. The quantitative estimate of drug-likeness (QED) is 0.499. The largest absolute Gasteiger partial charge is 0.372 e. The molecule has 0 unspecified atom stereocenters. The van der Waals surface area contributed by atoms with E-state index in [0.29, 0.717) is 17.6 Å². The van der Waals surface area contributed by atoms with Gasteiger partial charge in [-0.05, 0) is 62.1 Å². The Kier molecular flexibility index (Phi) is 7.04. The standard InChI is InChI=1S/C26H27N3O2/c1-4-28(5-2)22-13-11-21(12-14-22)17-23-19(3)24(18-27)26(31)29(25(23)30)16-15-20-9-7-6-8-10-20/h6-14,17H,4-5,15-16H2,1-3H3/b23-17+. The summed E-state index contributed by atoms with van der Waals surface area (Å²) in [7, 11) is 0. The van der Waals surface area contributed by atoms with E-state index in [1.165, 1.54) is 4.90 Å². The van der Waals surface area contributed by atoms with Crippen molar-refractivity contribution >= 4 is 23.6 Å². The number of nitriles is 1. The Labute approximate surface area is 183 Å². The number of anilines is 1. The Morgan fingerprint density at radius 1 is 0.968 bits per heavy atom. The summed E-state index contributed by atoms with van der Waals surface area (Å²) in [5.74, 6) is -0.875. The molecule has 0 bridgehead atoms. The van der Waals surface area contributed by atoms with Gasteiger partial charge < -0.3 is 4.90 Å². The molecule has 2 aromatic rings. The summed E-state index contributed by atoms with van der Waals surface area (Å²) in [6, 6.07) is 19.6. The molecular formula is C26H27N3O2. The second-order valence-electron chi connectivity index (χ2n) is 7.43. The lowest BCUT2D eigenvalue weighted by Crippen LogP contribution is -2.43. The Morgan fingerprint density at radius 3 is 2.19 bits per heavy atom. The van der Waals surface area contributed by atoms with Gasteiger partial charge in [0.1, 0.15) is 11.6 Å². The summed E-state index contributed by atoms with van der Waals surface area (Å²) in [6.45, 7) is 7.96. The van der Waals surface area contributed by atoms with Crippen molar-refractivity contribution in [3.63, 3.8) is 0 Å². The van der Waals surface area contributed by atoms with E-state index in [9.17, 15) is 14.9 Å². The molecule has 0 N–H and O–H groups in total. The van der Waals surface area contributed by atoms with E-state index in [0.717, 1.165) is 29.9 Å². The second-order valence-corrected chi connectivity index (χ2v) is 7.43. The molecule has 0 saturated carbocycles. The van der Waals surface area contributed by atoms with Gasteiger partial charge in [0, 0.05) is 30.9 Å². The second kappa shape index (κ2) is 9.90. The van der Waals surface area contributed by atoms with Crippen LogP contribution >= 0.6 is 0 Å². The third-order valence-electron chi connectivity index (χ3n) is 5.62. The third kappa shape index (κ3) is 4.75. The number of rotatable bonds is 7. The summed E-state index contributed by atoms with van der Waals surface area (Å²) >= 11 is 0. The van der Waals surface area contributed by atoms with Gasteiger partial charge in [-0.1, -0.05) is 42.5 Å². The molecule has 0 spiro atoms. The molecule has 1 heterocycles. The first-order valence-electron chi connectivity index (χ1n) is 10.6. The molecule has 2 aromatic carbocycles. The summed E-state index contributed by atoms with van der Waals surface area (Å²) in [5, 5.41) is 9.56. The van der Waals surface area contributed by atoms with E-state index < -0.39 is 5.91 Å². The van der Waals surface area contributed by atoms with Gasteiger partial charge in [-0.2, -0.15) is 5.26 Å². The Morgan fingerprint density at radius 2 is 1.61 bits per heavy atom. The van der Waals surface area contributed by atoms with E-state index in [4.69, 9.17) is 0 Å². The van der Waals surface area contributed by atoms with Crippen molar-refractivity contribution in [2.24, 2.45) is 0 Å². The van der Waals surface area contributed by atoms with E-state index in [1.807, 2.05) is 60.7 Å². The molecule has 158 valence electrons. The van der Waals surface area contributed by atoms with Crippen LogP contribution in [0.3, 0.4) is 0 Å². The van der Waals surface area contributed by atoms with E-state index in [2.05, 4.69) is 18.7 Å². The maximum absolute atomic E-state index is 13.2. The molecule has 1 aliphatic heterocycles. The van der Waals surface area contributed by atoms with Crippen LogP contribution in [0.25, 0.3) is 6.08 Å². The van der Waals surface area contributed by atoms with Crippen LogP contribution in [-0.4, -0.2) is 36.3 Å². The molecule has 0 saturated heterocycles. The molecule has 0 aliphatic carbocycles. The summed E-state index contributed by atoms with van der Waals surface area (Å²) in [4.78, 5) is 29.4. The van der Waals surface area contributed by atoms with Crippen LogP contribution in [-0.2, 0) is 16.0 Å². The topological polar surface area (TPSA) is 64.4 Å². The smallest absolute Gasteiger partial charge is 0.271 e. The molecule has 31 heavy (non-hydrogen) atoms. The predicted octanol–water partition coefficient (Wildman–Crippen LogP) is 4.37. The fourth-order valence-corrected chi connectivity index (χ4v) is 3.76. The highest BCUT2D eigenvalue weighted by molar-refractivity contribution is 6.19. The fourth-order valence-electron chi connectivity index (χ4n) is 3.76. The average molecular weight is 414 g/mol. The van der Waals surface area contributed by atoms with Gasteiger partial charge in [0.25, 0.3) is 11.8 Å². The molecule has 0 fully saturated rings. The lowest BCUT2D eigenvalue weighted by molar-refractivity contribution is -0.140. The minimum absolute atomic E-state index is 0.0265. The zero-order valence-electron chi connectivity index (χ0n) is 18.3. The number of benzene rings is 2. The lowest BCUT2D eigenvalue weighted by Gasteiger charge is -2.27. The van der Waals surface area contributed by atoms with Crippen LogP contribution in [0.4, 0.5) is 5.69 Å². The van der Waals surface area contributed by atoms with Crippen LogP contribution in [0.2, 0.25) is 0 Å². The minimum Gasteiger partial charge on any atom is -0.372 e. The highest BCUT2D eigenvalue weighted by Crippen LogP contribution is 2.27. The molecular weight excluding hydrogens is 386 g/mol. The molecule has 2 amide bonds. The van der Waals surface area contributed by atoms with Gasteiger partial charge in [0.15, 0.2) is 0 Å². The third-order valence-corrected chi connectivity index (χ3v) is 5.62. The molecule has 5 heteroatoms. The first-order valence-corrected chi connectivity index (χ1v) is 10.6. The van der Waals surface area contributed by atoms with Crippen molar-refractivity contribution in [1.82, 2.24) is 4.90 Å².